The minimum absolute atomic E-state index is 0.00139. The van der Waals surface area contributed by atoms with Crippen LogP contribution >= 0.6 is 11.6 Å². The minimum atomic E-state index is -0.507. The molecule has 1 amide bonds. The largest absolute Gasteiger partial charge is 0.486 e. The van der Waals surface area contributed by atoms with Crippen LogP contribution in [0.2, 0.25) is 5.02 Å². The molecule has 1 aliphatic heterocycles. The van der Waals surface area contributed by atoms with Crippen molar-refractivity contribution in [3.8, 4) is 5.75 Å². The standard InChI is InChI=1S/C23H22ClFN4O3/c1-2-3-4-22(30)29-20-10-16-19(11-21(20)32-15-7-8-31-12-15)26-13-27-23(16)28-14-5-6-18(25)17(24)9-14/h3-6,9-11,13,15H,2,7-8,12H2,1H3,(H,29,30)(H,26,27,28)/b4-3+. The highest BCUT2D eigenvalue weighted by molar-refractivity contribution is 6.31. The lowest BCUT2D eigenvalue weighted by atomic mass is 10.1. The van der Waals surface area contributed by atoms with Gasteiger partial charge in [0.25, 0.3) is 0 Å². The van der Waals surface area contributed by atoms with Gasteiger partial charge in [-0.15, -0.1) is 0 Å². The lowest BCUT2D eigenvalue weighted by Gasteiger charge is -2.17. The summed E-state index contributed by atoms with van der Waals surface area (Å²) >= 11 is 5.90. The monoisotopic (exact) mass is 456 g/mol. The normalized spacial score (nSPS) is 15.9. The van der Waals surface area contributed by atoms with Crippen molar-refractivity contribution in [3.05, 3.63) is 59.7 Å². The Kier molecular flexibility index (Phi) is 6.82. The number of benzene rings is 2. The summed E-state index contributed by atoms with van der Waals surface area (Å²) in [5.41, 5.74) is 1.67. The van der Waals surface area contributed by atoms with Gasteiger partial charge in [0.15, 0.2) is 0 Å². The molecule has 1 aliphatic rings. The predicted octanol–water partition coefficient (Wildman–Crippen LogP) is 5.24. The SMILES string of the molecule is CC/C=C/C(=O)Nc1cc2c(Nc3ccc(F)c(Cl)c3)ncnc2cc1OC1CCOC1. The van der Waals surface area contributed by atoms with E-state index in [2.05, 4.69) is 20.6 Å². The molecular formula is C23H22ClFN4O3. The van der Waals surface area contributed by atoms with E-state index in [9.17, 15) is 9.18 Å². The van der Waals surface area contributed by atoms with Crippen LogP contribution in [0, 0.1) is 5.82 Å². The van der Waals surface area contributed by atoms with E-state index in [0.717, 1.165) is 12.8 Å². The molecule has 32 heavy (non-hydrogen) atoms. The van der Waals surface area contributed by atoms with E-state index in [0.29, 0.717) is 47.1 Å². The molecule has 7 nitrogen and oxygen atoms in total. The van der Waals surface area contributed by atoms with Crippen LogP contribution in [0.1, 0.15) is 19.8 Å². The second kappa shape index (κ2) is 9.93. The van der Waals surface area contributed by atoms with E-state index in [4.69, 9.17) is 21.1 Å². The summed E-state index contributed by atoms with van der Waals surface area (Å²) in [6.07, 6.45) is 6.08. The van der Waals surface area contributed by atoms with Gasteiger partial charge in [0, 0.05) is 23.6 Å². The third kappa shape index (κ3) is 5.15. The summed E-state index contributed by atoms with van der Waals surface area (Å²) in [5.74, 6) is 0.205. The molecule has 0 saturated carbocycles. The molecule has 0 spiro atoms. The summed E-state index contributed by atoms with van der Waals surface area (Å²) < 4.78 is 25.0. The fraction of sp³-hybridized carbons (Fsp3) is 0.261. The van der Waals surface area contributed by atoms with Gasteiger partial charge < -0.3 is 20.1 Å². The van der Waals surface area contributed by atoms with Crippen molar-refractivity contribution in [3.63, 3.8) is 0 Å². The van der Waals surface area contributed by atoms with Crippen LogP contribution in [0.25, 0.3) is 10.9 Å². The lowest BCUT2D eigenvalue weighted by molar-refractivity contribution is -0.111. The van der Waals surface area contributed by atoms with Crippen molar-refractivity contribution in [2.75, 3.05) is 23.8 Å². The number of rotatable bonds is 7. The van der Waals surface area contributed by atoms with Gasteiger partial charge in [-0.2, -0.15) is 0 Å². The van der Waals surface area contributed by atoms with Crippen molar-refractivity contribution in [1.82, 2.24) is 9.97 Å². The van der Waals surface area contributed by atoms with Crippen molar-refractivity contribution in [2.24, 2.45) is 0 Å². The summed E-state index contributed by atoms with van der Waals surface area (Å²) in [4.78, 5) is 21.0. The van der Waals surface area contributed by atoms with Gasteiger partial charge in [-0.1, -0.05) is 24.6 Å². The first-order valence-electron chi connectivity index (χ1n) is 10.3. The summed E-state index contributed by atoms with van der Waals surface area (Å²) in [6.45, 7) is 3.07. The molecule has 2 N–H and O–H groups in total. The number of allylic oxidation sites excluding steroid dienone is 1. The Morgan fingerprint density at radius 3 is 2.97 bits per heavy atom. The Morgan fingerprint density at radius 2 is 2.22 bits per heavy atom. The number of amides is 1. The molecule has 0 aliphatic carbocycles. The minimum Gasteiger partial charge on any atom is -0.486 e. The number of fused-ring (bicyclic) bond motifs is 1. The highest BCUT2D eigenvalue weighted by Gasteiger charge is 2.20. The zero-order chi connectivity index (χ0) is 22.5. The van der Waals surface area contributed by atoms with Crippen molar-refractivity contribution >= 4 is 45.6 Å². The van der Waals surface area contributed by atoms with Crippen LogP contribution in [-0.4, -0.2) is 35.2 Å². The predicted molar refractivity (Wildman–Crippen MR) is 122 cm³/mol. The van der Waals surface area contributed by atoms with Crippen molar-refractivity contribution < 1.29 is 18.7 Å². The first kappa shape index (κ1) is 22.0. The van der Waals surface area contributed by atoms with Gasteiger partial charge in [0.1, 0.15) is 29.8 Å². The van der Waals surface area contributed by atoms with Gasteiger partial charge >= 0.3 is 0 Å². The number of halogens is 2. The Hall–Kier alpha value is -3.23. The Morgan fingerprint density at radius 1 is 1.34 bits per heavy atom. The van der Waals surface area contributed by atoms with Crippen molar-refractivity contribution in [2.45, 2.75) is 25.9 Å². The molecule has 1 atom stereocenters. The first-order chi connectivity index (χ1) is 15.5. The van der Waals surface area contributed by atoms with Crippen LogP contribution in [0.3, 0.4) is 0 Å². The number of nitrogens with zero attached hydrogens (tertiary/aromatic N) is 2. The Labute approximate surface area is 189 Å². The number of aromatic nitrogens is 2. The topological polar surface area (TPSA) is 85.4 Å². The molecule has 1 aromatic heterocycles. The maximum atomic E-state index is 13.5. The molecule has 0 bridgehead atoms. The van der Waals surface area contributed by atoms with Crippen LogP contribution < -0.4 is 15.4 Å². The van der Waals surface area contributed by atoms with E-state index >= 15 is 0 Å². The number of anilines is 3. The zero-order valence-electron chi connectivity index (χ0n) is 17.4. The number of ether oxygens (including phenoxy) is 2. The molecule has 3 aromatic rings. The highest BCUT2D eigenvalue weighted by Crippen LogP contribution is 2.35. The van der Waals surface area contributed by atoms with Gasteiger partial charge in [0.2, 0.25) is 5.91 Å². The van der Waals surface area contributed by atoms with E-state index < -0.39 is 5.82 Å². The maximum Gasteiger partial charge on any atom is 0.248 e. The third-order valence-corrected chi connectivity index (χ3v) is 5.15. The van der Waals surface area contributed by atoms with E-state index in [-0.39, 0.29) is 17.0 Å². The molecule has 2 heterocycles. The fourth-order valence-electron chi connectivity index (χ4n) is 3.27. The third-order valence-electron chi connectivity index (χ3n) is 4.86. The average molecular weight is 457 g/mol. The molecule has 9 heteroatoms. The Balaban J connectivity index is 1.72. The number of hydrogen-bond acceptors (Lipinski definition) is 6. The summed E-state index contributed by atoms with van der Waals surface area (Å²) in [6, 6.07) is 7.82. The highest BCUT2D eigenvalue weighted by atomic mass is 35.5. The van der Waals surface area contributed by atoms with Crippen LogP contribution in [0.4, 0.5) is 21.6 Å². The molecule has 1 unspecified atom stereocenters. The van der Waals surface area contributed by atoms with Gasteiger partial charge in [-0.05, 0) is 36.8 Å². The summed E-state index contributed by atoms with van der Waals surface area (Å²) in [5, 5.41) is 6.66. The first-order valence-corrected chi connectivity index (χ1v) is 10.6. The lowest BCUT2D eigenvalue weighted by Crippen LogP contribution is -2.18. The smallest absolute Gasteiger partial charge is 0.248 e. The summed E-state index contributed by atoms with van der Waals surface area (Å²) in [7, 11) is 0. The molecule has 166 valence electrons. The molecule has 2 aromatic carbocycles. The fourth-order valence-corrected chi connectivity index (χ4v) is 3.45. The second-order valence-electron chi connectivity index (χ2n) is 7.24. The quantitative estimate of drug-likeness (QED) is 0.473. The molecule has 4 rings (SSSR count). The number of carbonyl (C=O) groups is 1. The van der Waals surface area contributed by atoms with E-state index in [1.54, 1.807) is 24.3 Å². The van der Waals surface area contributed by atoms with Gasteiger partial charge in [-0.25, -0.2) is 14.4 Å². The second-order valence-corrected chi connectivity index (χ2v) is 7.65. The molecule has 1 saturated heterocycles. The maximum absolute atomic E-state index is 13.5. The molecule has 0 radical (unpaired) electrons. The Bertz CT molecular complexity index is 1170. The van der Waals surface area contributed by atoms with Gasteiger partial charge in [0.05, 0.1) is 29.4 Å². The van der Waals surface area contributed by atoms with Crippen molar-refractivity contribution in [1.29, 1.82) is 0 Å². The van der Waals surface area contributed by atoms with Gasteiger partial charge in [-0.3, -0.25) is 4.79 Å². The van der Waals surface area contributed by atoms with Crippen LogP contribution in [0.5, 0.6) is 5.75 Å². The number of carbonyl (C=O) groups excluding carboxylic acids is 1. The van der Waals surface area contributed by atoms with E-state index in [1.165, 1.54) is 24.5 Å². The molecular weight excluding hydrogens is 435 g/mol. The van der Waals surface area contributed by atoms with Crippen LogP contribution in [0.15, 0.2) is 48.8 Å². The number of hydrogen-bond donors (Lipinski definition) is 2. The average Bonchev–Trinajstić information content (AvgIpc) is 3.29. The number of nitrogens with one attached hydrogen (secondary N) is 2. The van der Waals surface area contributed by atoms with E-state index in [1.807, 2.05) is 6.92 Å². The zero-order valence-corrected chi connectivity index (χ0v) is 18.2. The molecule has 1 fully saturated rings. The van der Waals surface area contributed by atoms with Crippen LogP contribution in [-0.2, 0) is 9.53 Å².